The number of para-hydroxylation sites is 1. The molecule has 0 bridgehead atoms. The van der Waals surface area contributed by atoms with Crippen molar-refractivity contribution in [1.29, 1.82) is 0 Å². The first kappa shape index (κ1) is 9.46. The zero-order valence-corrected chi connectivity index (χ0v) is 8.67. The molecule has 0 atom stereocenters. The Morgan fingerprint density at radius 3 is 2.93 bits per heavy atom. The fraction of sp³-hybridized carbons (Fsp3) is 0.273. The lowest BCUT2D eigenvalue weighted by Crippen LogP contribution is -1.87. The number of hydrogen-bond donors (Lipinski definition) is 1. The van der Waals surface area contributed by atoms with E-state index in [2.05, 4.69) is 12.6 Å². The Morgan fingerprint density at radius 2 is 2.21 bits per heavy atom. The van der Waals surface area contributed by atoms with Gasteiger partial charge in [-0.25, -0.2) is 0 Å². The summed E-state index contributed by atoms with van der Waals surface area (Å²) in [6.45, 7) is 0.803. The van der Waals surface area contributed by atoms with E-state index in [0.29, 0.717) is 0 Å². The molecule has 74 valence electrons. The van der Waals surface area contributed by atoms with Gasteiger partial charge in [0.2, 0.25) is 0 Å². The molecule has 14 heavy (non-hydrogen) atoms. The highest BCUT2D eigenvalue weighted by Gasteiger charge is 2.07. The topological polar surface area (TPSA) is 18.5 Å². The third kappa shape index (κ3) is 2.23. The maximum absolute atomic E-state index is 5.46. The molecule has 0 saturated carbocycles. The molecule has 1 aromatic carbocycles. The fourth-order valence-corrected chi connectivity index (χ4v) is 1.51. The van der Waals surface area contributed by atoms with Gasteiger partial charge in [-0.3, -0.25) is 0 Å². The van der Waals surface area contributed by atoms with Crippen LogP contribution in [0.25, 0.3) is 0 Å². The van der Waals surface area contributed by atoms with E-state index in [9.17, 15) is 0 Å². The van der Waals surface area contributed by atoms with Crippen LogP contribution in [0.4, 0.5) is 0 Å². The molecule has 1 saturated heterocycles. The smallest absolute Gasteiger partial charge is 0.139 e. The summed E-state index contributed by atoms with van der Waals surface area (Å²) in [7, 11) is 0. The fourth-order valence-electron chi connectivity index (χ4n) is 1.30. The maximum Gasteiger partial charge on any atom is 0.139 e. The SMILES string of the molecule is Sc1ccccc1OC=C1CCCO1. The van der Waals surface area contributed by atoms with E-state index in [1.165, 1.54) is 0 Å². The lowest BCUT2D eigenvalue weighted by molar-refractivity contribution is 0.250. The molecule has 0 amide bonds. The minimum atomic E-state index is 0.763. The minimum Gasteiger partial charge on any atom is -0.495 e. The Morgan fingerprint density at radius 1 is 1.36 bits per heavy atom. The van der Waals surface area contributed by atoms with Crippen LogP contribution in [0, 0.1) is 0 Å². The first-order valence-corrected chi connectivity index (χ1v) is 5.07. The van der Waals surface area contributed by atoms with E-state index in [1.807, 2.05) is 24.3 Å². The van der Waals surface area contributed by atoms with Gasteiger partial charge in [-0.15, -0.1) is 12.6 Å². The van der Waals surface area contributed by atoms with E-state index in [4.69, 9.17) is 9.47 Å². The minimum absolute atomic E-state index is 0.763. The lowest BCUT2D eigenvalue weighted by atomic mass is 10.3. The van der Waals surface area contributed by atoms with Crippen LogP contribution in [0.5, 0.6) is 5.75 Å². The molecule has 3 heteroatoms. The van der Waals surface area contributed by atoms with Gasteiger partial charge in [0.25, 0.3) is 0 Å². The molecule has 0 aliphatic carbocycles. The van der Waals surface area contributed by atoms with Crippen LogP contribution in [-0.4, -0.2) is 6.61 Å². The molecular formula is C11H12O2S. The number of hydrogen-bond acceptors (Lipinski definition) is 3. The van der Waals surface area contributed by atoms with E-state index in [0.717, 1.165) is 35.9 Å². The summed E-state index contributed by atoms with van der Waals surface area (Å²) in [5.41, 5.74) is 0. The molecule has 0 radical (unpaired) electrons. The third-order valence-corrected chi connectivity index (χ3v) is 2.41. The summed E-state index contributed by atoms with van der Waals surface area (Å²) in [4.78, 5) is 0.836. The highest BCUT2D eigenvalue weighted by Crippen LogP contribution is 2.23. The molecule has 1 aromatic rings. The predicted molar refractivity (Wildman–Crippen MR) is 57.6 cm³/mol. The van der Waals surface area contributed by atoms with Crippen molar-refractivity contribution in [3.63, 3.8) is 0 Å². The first-order chi connectivity index (χ1) is 6.86. The molecular weight excluding hydrogens is 196 g/mol. The van der Waals surface area contributed by atoms with E-state index in [-0.39, 0.29) is 0 Å². The third-order valence-electron chi connectivity index (χ3n) is 2.04. The Bertz CT molecular complexity index is 339. The second kappa shape index (κ2) is 4.42. The zero-order chi connectivity index (χ0) is 9.80. The van der Waals surface area contributed by atoms with Crippen molar-refractivity contribution in [3.05, 3.63) is 36.3 Å². The number of allylic oxidation sites excluding steroid dienone is 1. The van der Waals surface area contributed by atoms with Gasteiger partial charge >= 0.3 is 0 Å². The molecule has 0 N–H and O–H groups in total. The molecule has 2 rings (SSSR count). The average Bonchev–Trinajstić information content (AvgIpc) is 2.69. The van der Waals surface area contributed by atoms with Crippen molar-refractivity contribution >= 4 is 12.6 Å². The van der Waals surface area contributed by atoms with Crippen LogP contribution in [0.1, 0.15) is 12.8 Å². The van der Waals surface area contributed by atoms with Gasteiger partial charge in [0.15, 0.2) is 0 Å². The first-order valence-electron chi connectivity index (χ1n) is 4.63. The van der Waals surface area contributed by atoms with Gasteiger partial charge in [0.05, 0.1) is 6.61 Å². The van der Waals surface area contributed by atoms with Crippen LogP contribution in [0.2, 0.25) is 0 Å². The molecule has 0 unspecified atom stereocenters. The molecule has 0 spiro atoms. The summed E-state index contributed by atoms with van der Waals surface area (Å²) in [5.74, 6) is 1.68. The van der Waals surface area contributed by atoms with Gasteiger partial charge in [-0.05, 0) is 18.6 Å². The van der Waals surface area contributed by atoms with Gasteiger partial charge in [-0.2, -0.15) is 0 Å². The molecule has 1 aliphatic rings. The van der Waals surface area contributed by atoms with Crippen molar-refractivity contribution in [2.45, 2.75) is 17.7 Å². The largest absolute Gasteiger partial charge is 0.495 e. The van der Waals surface area contributed by atoms with Crippen molar-refractivity contribution < 1.29 is 9.47 Å². The Hall–Kier alpha value is -1.09. The molecule has 1 fully saturated rings. The van der Waals surface area contributed by atoms with Gasteiger partial charge < -0.3 is 9.47 Å². The molecule has 2 nitrogen and oxygen atoms in total. The van der Waals surface area contributed by atoms with Crippen molar-refractivity contribution in [1.82, 2.24) is 0 Å². The predicted octanol–water partition coefficient (Wildman–Crippen LogP) is 3.01. The van der Waals surface area contributed by atoms with Crippen LogP contribution < -0.4 is 4.74 Å². The summed E-state index contributed by atoms with van der Waals surface area (Å²) < 4.78 is 10.8. The van der Waals surface area contributed by atoms with Gasteiger partial charge in [-0.1, -0.05) is 12.1 Å². The average molecular weight is 208 g/mol. The summed E-state index contributed by atoms with van der Waals surface area (Å²) >= 11 is 4.28. The quantitative estimate of drug-likeness (QED) is 0.595. The van der Waals surface area contributed by atoms with Crippen molar-refractivity contribution in [3.8, 4) is 5.75 Å². The zero-order valence-electron chi connectivity index (χ0n) is 7.77. The summed E-state index contributed by atoms with van der Waals surface area (Å²) in [6, 6.07) is 7.62. The number of rotatable bonds is 2. The van der Waals surface area contributed by atoms with Gasteiger partial charge in [0, 0.05) is 11.3 Å². The monoisotopic (exact) mass is 208 g/mol. The van der Waals surface area contributed by atoms with E-state index < -0.39 is 0 Å². The van der Waals surface area contributed by atoms with Crippen molar-refractivity contribution in [2.75, 3.05) is 6.61 Å². The van der Waals surface area contributed by atoms with Crippen molar-refractivity contribution in [2.24, 2.45) is 0 Å². The summed E-state index contributed by atoms with van der Waals surface area (Å²) in [5, 5.41) is 0. The Balaban J connectivity index is 2.04. The highest BCUT2D eigenvalue weighted by atomic mass is 32.1. The molecule has 0 aromatic heterocycles. The van der Waals surface area contributed by atoms with Crippen LogP contribution in [0.3, 0.4) is 0 Å². The Labute approximate surface area is 88.9 Å². The lowest BCUT2D eigenvalue weighted by Gasteiger charge is -2.04. The number of ether oxygens (including phenoxy) is 2. The second-order valence-electron chi connectivity index (χ2n) is 3.12. The van der Waals surface area contributed by atoms with E-state index in [1.54, 1.807) is 6.26 Å². The van der Waals surface area contributed by atoms with Gasteiger partial charge in [0.1, 0.15) is 17.8 Å². The highest BCUT2D eigenvalue weighted by molar-refractivity contribution is 7.80. The van der Waals surface area contributed by atoms with Crippen LogP contribution in [0.15, 0.2) is 41.2 Å². The standard InChI is InChI=1S/C11H12O2S/c14-11-6-2-1-5-10(11)13-8-9-4-3-7-12-9/h1-2,5-6,8,14H,3-4,7H2. The second-order valence-corrected chi connectivity index (χ2v) is 3.60. The molecule has 1 heterocycles. The Kier molecular flexibility index (Phi) is 2.99. The molecule has 1 aliphatic heterocycles. The maximum atomic E-state index is 5.46. The number of benzene rings is 1. The van der Waals surface area contributed by atoms with E-state index >= 15 is 0 Å². The van der Waals surface area contributed by atoms with Crippen LogP contribution >= 0.6 is 12.6 Å². The summed E-state index contributed by atoms with van der Waals surface area (Å²) in [6.07, 6.45) is 3.72. The normalized spacial score (nSPS) is 18.2. The number of thiol groups is 1. The van der Waals surface area contributed by atoms with Crippen LogP contribution in [-0.2, 0) is 4.74 Å².